The Balaban J connectivity index is 1.94. The van der Waals surface area contributed by atoms with Gasteiger partial charge in [0.05, 0.1) is 13.2 Å². The first-order chi connectivity index (χ1) is 11.2. The van der Waals surface area contributed by atoms with Crippen LogP contribution in [0.5, 0.6) is 11.5 Å². The van der Waals surface area contributed by atoms with Gasteiger partial charge in [-0.1, -0.05) is 42.5 Å². The maximum absolute atomic E-state index is 10.2. The minimum Gasteiger partial charge on any atom is -0.507 e. The molecule has 0 fully saturated rings. The molecule has 23 heavy (non-hydrogen) atoms. The lowest BCUT2D eigenvalue weighted by Crippen LogP contribution is -1.93. The molecule has 1 atom stereocenters. The molecule has 0 aliphatic rings. The van der Waals surface area contributed by atoms with E-state index in [2.05, 4.69) is 4.99 Å². The Kier molecular flexibility index (Phi) is 4.29. The first-order valence-corrected chi connectivity index (χ1v) is 7.57. The molecule has 0 spiro atoms. The molecule has 0 unspecified atom stereocenters. The van der Waals surface area contributed by atoms with Gasteiger partial charge in [-0.2, -0.15) is 0 Å². The van der Waals surface area contributed by atoms with Crippen LogP contribution in [0, 0.1) is 0 Å². The summed E-state index contributed by atoms with van der Waals surface area (Å²) in [6.45, 7) is 2.02. The van der Waals surface area contributed by atoms with Crippen LogP contribution in [-0.2, 0) is 0 Å². The van der Waals surface area contributed by atoms with Crippen molar-refractivity contribution in [2.75, 3.05) is 7.11 Å². The molecule has 3 rings (SSSR count). The molecule has 116 valence electrons. The molecule has 0 saturated heterocycles. The topological polar surface area (TPSA) is 41.8 Å². The lowest BCUT2D eigenvalue weighted by atomic mass is 10.0. The Labute approximate surface area is 135 Å². The van der Waals surface area contributed by atoms with Gasteiger partial charge in [-0.25, -0.2) is 0 Å². The zero-order valence-electron chi connectivity index (χ0n) is 13.2. The molecule has 0 aliphatic heterocycles. The molecule has 3 heteroatoms. The summed E-state index contributed by atoms with van der Waals surface area (Å²) in [4.78, 5) is 4.61. The van der Waals surface area contributed by atoms with Gasteiger partial charge in [0, 0.05) is 11.8 Å². The van der Waals surface area contributed by atoms with Gasteiger partial charge in [0.25, 0.3) is 0 Å². The van der Waals surface area contributed by atoms with E-state index in [1.54, 1.807) is 19.4 Å². The highest BCUT2D eigenvalue weighted by molar-refractivity contribution is 6.02. The lowest BCUT2D eigenvalue weighted by molar-refractivity contribution is 0.414. The van der Waals surface area contributed by atoms with Gasteiger partial charge in [0.15, 0.2) is 0 Å². The Bertz CT molecular complexity index is 855. The Morgan fingerprint density at radius 1 is 1.04 bits per heavy atom. The van der Waals surface area contributed by atoms with Crippen LogP contribution in [0.3, 0.4) is 0 Å². The van der Waals surface area contributed by atoms with E-state index in [4.69, 9.17) is 4.74 Å². The summed E-state index contributed by atoms with van der Waals surface area (Å²) in [7, 11) is 1.65. The van der Waals surface area contributed by atoms with Crippen molar-refractivity contribution >= 4 is 17.0 Å². The first-order valence-electron chi connectivity index (χ1n) is 7.57. The number of ether oxygens (including phenoxy) is 1. The molecule has 0 bridgehead atoms. The molecule has 0 aliphatic carbocycles. The molecule has 0 aromatic heterocycles. The number of benzene rings is 3. The highest BCUT2D eigenvalue weighted by atomic mass is 16.5. The van der Waals surface area contributed by atoms with E-state index < -0.39 is 0 Å². The van der Waals surface area contributed by atoms with E-state index in [9.17, 15) is 5.11 Å². The van der Waals surface area contributed by atoms with E-state index >= 15 is 0 Å². The van der Waals surface area contributed by atoms with Crippen molar-refractivity contribution in [3.63, 3.8) is 0 Å². The van der Waals surface area contributed by atoms with Crippen LogP contribution >= 0.6 is 0 Å². The van der Waals surface area contributed by atoms with Crippen molar-refractivity contribution in [3.8, 4) is 11.5 Å². The van der Waals surface area contributed by atoms with Crippen LogP contribution in [0.15, 0.2) is 65.7 Å². The monoisotopic (exact) mass is 305 g/mol. The fourth-order valence-electron chi connectivity index (χ4n) is 2.59. The second kappa shape index (κ2) is 6.53. The van der Waals surface area contributed by atoms with E-state index in [0.29, 0.717) is 0 Å². The van der Waals surface area contributed by atoms with Crippen LogP contribution < -0.4 is 4.74 Å². The molecule has 0 amide bonds. The predicted octanol–water partition coefficient (Wildman–Crippen LogP) is 4.73. The van der Waals surface area contributed by atoms with E-state index in [-0.39, 0.29) is 11.8 Å². The molecular weight excluding hydrogens is 286 g/mol. The number of phenols is 1. The normalized spacial score (nSPS) is 12.6. The largest absolute Gasteiger partial charge is 0.507 e. The quantitative estimate of drug-likeness (QED) is 0.708. The minimum atomic E-state index is -0.0246. The van der Waals surface area contributed by atoms with Crippen LogP contribution in [-0.4, -0.2) is 18.4 Å². The van der Waals surface area contributed by atoms with Crippen molar-refractivity contribution in [1.29, 1.82) is 0 Å². The molecule has 3 aromatic carbocycles. The molecule has 3 nitrogen and oxygen atoms in total. The van der Waals surface area contributed by atoms with Gasteiger partial charge in [0.1, 0.15) is 11.5 Å². The Morgan fingerprint density at radius 3 is 2.70 bits per heavy atom. The molecule has 0 saturated carbocycles. The van der Waals surface area contributed by atoms with E-state index in [0.717, 1.165) is 27.6 Å². The third kappa shape index (κ3) is 3.19. The summed E-state index contributed by atoms with van der Waals surface area (Å²) >= 11 is 0. The summed E-state index contributed by atoms with van der Waals surface area (Å²) in [5, 5.41) is 12.2. The molecule has 3 aromatic rings. The summed E-state index contributed by atoms with van der Waals surface area (Å²) in [6.07, 6.45) is 1.75. The van der Waals surface area contributed by atoms with Gasteiger partial charge in [-0.05, 0) is 41.5 Å². The van der Waals surface area contributed by atoms with Gasteiger partial charge in [-0.3, -0.25) is 4.99 Å². The highest BCUT2D eigenvalue weighted by Crippen LogP contribution is 2.27. The zero-order chi connectivity index (χ0) is 16.2. The fraction of sp³-hybridized carbons (Fsp3) is 0.150. The third-order valence-corrected chi connectivity index (χ3v) is 3.95. The van der Waals surface area contributed by atoms with Crippen molar-refractivity contribution in [2.24, 2.45) is 4.99 Å². The van der Waals surface area contributed by atoms with Gasteiger partial charge in [-0.15, -0.1) is 0 Å². The molecular formula is C20H19NO2. The standard InChI is InChI=1S/C20H19NO2/c1-14(16-7-5-8-17(12-16)23-2)21-13-19-18-9-4-3-6-15(18)10-11-20(19)22/h3-14,22H,1-2H3/t14-/m1/s1. The van der Waals surface area contributed by atoms with Crippen molar-refractivity contribution in [2.45, 2.75) is 13.0 Å². The number of nitrogens with zero attached hydrogens (tertiary/aromatic N) is 1. The fourth-order valence-corrected chi connectivity index (χ4v) is 2.59. The Morgan fingerprint density at radius 2 is 1.87 bits per heavy atom. The van der Waals surface area contributed by atoms with Gasteiger partial charge >= 0.3 is 0 Å². The van der Waals surface area contributed by atoms with E-state index in [1.165, 1.54) is 0 Å². The molecule has 0 radical (unpaired) electrons. The van der Waals surface area contributed by atoms with Crippen molar-refractivity contribution in [1.82, 2.24) is 0 Å². The number of aliphatic imine (C=N–C) groups is 1. The molecule has 0 heterocycles. The van der Waals surface area contributed by atoms with Crippen molar-refractivity contribution in [3.05, 3.63) is 71.8 Å². The number of phenolic OH excluding ortho intramolecular Hbond substituents is 1. The zero-order valence-corrected chi connectivity index (χ0v) is 13.2. The Hall–Kier alpha value is -2.81. The number of rotatable bonds is 4. The SMILES string of the molecule is COc1cccc([C@@H](C)N=Cc2c(O)ccc3ccccc23)c1. The van der Waals surface area contributed by atoms with Crippen LogP contribution in [0.25, 0.3) is 10.8 Å². The maximum atomic E-state index is 10.2. The lowest BCUT2D eigenvalue weighted by Gasteiger charge is -2.09. The summed E-state index contributed by atoms with van der Waals surface area (Å²) in [5.74, 6) is 1.06. The summed E-state index contributed by atoms with van der Waals surface area (Å²) < 4.78 is 5.25. The second-order valence-electron chi connectivity index (χ2n) is 5.45. The smallest absolute Gasteiger partial charge is 0.124 e. The average molecular weight is 305 g/mol. The summed E-state index contributed by atoms with van der Waals surface area (Å²) in [5.41, 5.74) is 1.82. The maximum Gasteiger partial charge on any atom is 0.124 e. The number of hydrogen-bond donors (Lipinski definition) is 1. The van der Waals surface area contributed by atoms with E-state index in [1.807, 2.05) is 61.5 Å². The van der Waals surface area contributed by atoms with Gasteiger partial charge in [0.2, 0.25) is 0 Å². The van der Waals surface area contributed by atoms with Crippen LogP contribution in [0.1, 0.15) is 24.1 Å². The summed E-state index contributed by atoms with van der Waals surface area (Å²) in [6, 6.07) is 19.4. The minimum absolute atomic E-state index is 0.0246. The van der Waals surface area contributed by atoms with Crippen LogP contribution in [0.4, 0.5) is 0 Å². The first kappa shape index (κ1) is 15.1. The molecule has 1 N–H and O–H groups in total. The third-order valence-electron chi connectivity index (χ3n) is 3.95. The van der Waals surface area contributed by atoms with Gasteiger partial charge < -0.3 is 9.84 Å². The number of hydrogen-bond acceptors (Lipinski definition) is 3. The number of methoxy groups -OCH3 is 1. The average Bonchev–Trinajstić information content (AvgIpc) is 2.60. The van der Waals surface area contributed by atoms with Crippen LogP contribution in [0.2, 0.25) is 0 Å². The number of aromatic hydroxyl groups is 1. The second-order valence-corrected chi connectivity index (χ2v) is 5.45. The highest BCUT2D eigenvalue weighted by Gasteiger charge is 2.07. The number of fused-ring (bicyclic) bond motifs is 1. The predicted molar refractivity (Wildman–Crippen MR) is 94.6 cm³/mol. The van der Waals surface area contributed by atoms with Crippen molar-refractivity contribution < 1.29 is 9.84 Å².